The molecule has 0 atom stereocenters. The number of anilines is 1. The van der Waals surface area contributed by atoms with Crippen LogP contribution in [0.4, 0.5) is 5.69 Å². The summed E-state index contributed by atoms with van der Waals surface area (Å²) < 4.78 is 24.7. The molecule has 0 unspecified atom stereocenters. The van der Waals surface area contributed by atoms with E-state index in [0.29, 0.717) is 34.6 Å². The Labute approximate surface area is 141 Å². The fourth-order valence-electron chi connectivity index (χ4n) is 1.71. The summed E-state index contributed by atoms with van der Waals surface area (Å²) in [6.07, 6.45) is 1.78. The minimum Gasteiger partial charge on any atom is -0.324 e. The van der Waals surface area contributed by atoms with E-state index in [-0.39, 0.29) is 6.54 Å². The molecule has 0 aromatic heterocycles. The minimum atomic E-state index is -3.45. The summed E-state index contributed by atoms with van der Waals surface area (Å²) in [4.78, 5) is 12.0. The molecule has 1 aromatic carbocycles. The third kappa shape index (κ3) is 6.52. The lowest BCUT2D eigenvalue weighted by molar-refractivity contribution is -0.116. The summed E-state index contributed by atoms with van der Waals surface area (Å²) in [5.74, 6) is -0.101. The molecule has 0 aliphatic rings. The van der Waals surface area contributed by atoms with Crippen LogP contribution in [-0.2, 0) is 14.8 Å². The Morgan fingerprint density at radius 3 is 2.45 bits per heavy atom. The van der Waals surface area contributed by atoms with E-state index in [1.165, 1.54) is 6.07 Å². The van der Waals surface area contributed by atoms with Crippen LogP contribution in [0, 0.1) is 5.92 Å². The topological polar surface area (TPSA) is 66.5 Å². The lowest BCUT2D eigenvalue weighted by Gasteiger charge is -2.20. The molecule has 1 amide bonds. The molecular formula is C14H20Cl2N2O3S. The number of amides is 1. The molecule has 1 aromatic rings. The van der Waals surface area contributed by atoms with Gasteiger partial charge in [0.25, 0.3) is 0 Å². The van der Waals surface area contributed by atoms with Crippen LogP contribution in [-0.4, -0.2) is 38.0 Å². The number of rotatable bonds is 7. The van der Waals surface area contributed by atoms with Crippen molar-refractivity contribution >= 4 is 44.8 Å². The van der Waals surface area contributed by atoms with Gasteiger partial charge in [-0.05, 0) is 30.5 Å². The smallest absolute Gasteiger partial charge is 0.239 e. The number of carbonyl (C=O) groups is 1. The Morgan fingerprint density at radius 1 is 1.32 bits per heavy atom. The van der Waals surface area contributed by atoms with E-state index >= 15 is 0 Å². The van der Waals surface area contributed by atoms with Crippen molar-refractivity contribution in [3.05, 3.63) is 28.2 Å². The van der Waals surface area contributed by atoms with Gasteiger partial charge in [0.2, 0.25) is 15.9 Å². The molecule has 0 aliphatic carbocycles. The first kappa shape index (κ1) is 19.2. The fraction of sp³-hybridized carbons (Fsp3) is 0.500. The Bertz CT molecular complexity index is 633. The van der Waals surface area contributed by atoms with Crippen molar-refractivity contribution in [2.24, 2.45) is 5.92 Å². The largest absolute Gasteiger partial charge is 0.324 e. The van der Waals surface area contributed by atoms with E-state index in [0.717, 1.165) is 10.6 Å². The Kier molecular flexibility index (Phi) is 7.12. The predicted molar refractivity (Wildman–Crippen MR) is 91.0 cm³/mol. The first-order chi connectivity index (χ1) is 10.1. The van der Waals surface area contributed by atoms with E-state index in [1.54, 1.807) is 12.1 Å². The van der Waals surface area contributed by atoms with Crippen molar-refractivity contribution in [3.63, 3.8) is 0 Å². The highest BCUT2D eigenvalue weighted by Crippen LogP contribution is 2.25. The number of benzene rings is 1. The molecule has 0 saturated heterocycles. The van der Waals surface area contributed by atoms with Crippen LogP contribution in [0.15, 0.2) is 18.2 Å². The second-order valence-corrected chi connectivity index (χ2v) is 8.28. The molecule has 0 radical (unpaired) electrons. The quantitative estimate of drug-likeness (QED) is 0.805. The van der Waals surface area contributed by atoms with Gasteiger partial charge in [-0.25, -0.2) is 8.42 Å². The van der Waals surface area contributed by atoms with Crippen LogP contribution in [0.3, 0.4) is 0 Å². The SMILES string of the molecule is CC(C)CCN(CC(=O)Nc1ccc(Cl)cc1Cl)S(C)(=O)=O. The number of carbonyl (C=O) groups excluding carboxylic acids is 1. The van der Waals surface area contributed by atoms with Crippen molar-refractivity contribution in [3.8, 4) is 0 Å². The highest BCUT2D eigenvalue weighted by Gasteiger charge is 2.20. The van der Waals surface area contributed by atoms with Gasteiger partial charge >= 0.3 is 0 Å². The lowest BCUT2D eigenvalue weighted by atomic mass is 10.1. The molecular weight excluding hydrogens is 347 g/mol. The predicted octanol–water partition coefficient (Wildman–Crippen LogP) is 3.24. The highest BCUT2D eigenvalue weighted by atomic mass is 35.5. The summed E-state index contributed by atoms with van der Waals surface area (Å²) >= 11 is 11.8. The van der Waals surface area contributed by atoms with Gasteiger partial charge in [-0.1, -0.05) is 37.0 Å². The molecule has 22 heavy (non-hydrogen) atoms. The number of nitrogens with zero attached hydrogens (tertiary/aromatic N) is 1. The number of hydrogen-bond donors (Lipinski definition) is 1. The molecule has 0 fully saturated rings. The summed E-state index contributed by atoms with van der Waals surface area (Å²) in [5, 5.41) is 3.35. The molecule has 1 rings (SSSR count). The van der Waals surface area contributed by atoms with E-state index < -0.39 is 15.9 Å². The Hall–Kier alpha value is -0.820. The van der Waals surface area contributed by atoms with Crippen molar-refractivity contribution in [2.75, 3.05) is 24.7 Å². The minimum absolute atomic E-state index is 0.246. The Morgan fingerprint density at radius 2 is 1.95 bits per heavy atom. The zero-order valence-electron chi connectivity index (χ0n) is 12.8. The zero-order chi connectivity index (χ0) is 16.9. The first-order valence-electron chi connectivity index (χ1n) is 6.79. The average molecular weight is 367 g/mol. The lowest BCUT2D eigenvalue weighted by Crippen LogP contribution is -2.38. The number of hydrogen-bond acceptors (Lipinski definition) is 3. The van der Waals surface area contributed by atoms with Crippen molar-refractivity contribution < 1.29 is 13.2 Å². The Balaban J connectivity index is 2.74. The molecule has 0 aliphatic heterocycles. The van der Waals surface area contributed by atoms with Gasteiger partial charge in [-0.3, -0.25) is 4.79 Å². The second kappa shape index (κ2) is 8.15. The molecule has 0 saturated carbocycles. The van der Waals surface area contributed by atoms with Crippen LogP contribution in [0.2, 0.25) is 10.0 Å². The average Bonchev–Trinajstić information content (AvgIpc) is 2.36. The normalized spacial score (nSPS) is 12.0. The van der Waals surface area contributed by atoms with E-state index in [2.05, 4.69) is 5.32 Å². The summed E-state index contributed by atoms with van der Waals surface area (Å²) in [5.41, 5.74) is 0.397. The van der Waals surface area contributed by atoms with Gasteiger partial charge in [0.15, 0.2) is 0 Å². The van der Waals surface area contributed by atoms with Crippen LogP contribution in [0.1, 0.15) is 20.3 Å². The molecule has 8 heteroatoms. The van der Waals surface area contributed by atoms with E-state index in [9.17, 15) is 13.2 Å². The molecule has 5 nitrogen and oxygen atoms in total. The number of nitrogens with one attached hydrogen (secondary N) is 1. The van der Waals surface area contributed by atoms with E-state index in [4.69, 9.17) is 23.2 Å². The van der Waals surface area contributed by atoms with Crippen molar-refractivity contribution in [1.29, 1.82) is 0 Å². The molecule has 1 N–H and O–H groups in total. The summed E-state index contributed by atoms with van der Waals surface area (Å²) in [7, 11) is -3.45. The van der Waals surface area contributed by atoms with Crippen molar-refractivity contribution in [2.45, 2.75) is 20.3 Å². The van der Waals surface area contributed by atoms with Gasteiger partial charge in [-0.15, -0.1) is 0 Å². The first-order valence-corrected chi connectivity index (χ1v) is 9.40. The molecule has 0 spiro atoms. The number of halogens is 2. The number of sulfonamides is 1. The zero-order valence-corrected chi connectivity index (χ0v) is 15.1. The maximum atomic E-state index is 12.0. The monoisotopic (exact) mass is 366 g/mol. The maximum Gasteiger partial charge on any atom is 0.239 e. The third-order valence-electron chi connectivity index (χ3n) is 2.95. The van der Waals surface area contributed by atoms with Crippen LogP contribution >= 0.6 is 23.2 Å². The standard InChI is InChI=1S/C14H20Cl2N2O3S/c1-10(2)6-7-18(22(3,20)21)9-14(19)17-13-5-4-11(15)8-12(13)16/h4-5,8,10H,6-7,9H2,1-3H3,(H,17,19). The third-order valence-corrected chi connectivity index (χ3v) is 4.75. The molecule has 0 bridgehead atoms. The molecule has 124 valence electrons. The van der Waals surface area contributed by atoms with E-state index in [1.807, 2.05) is 13.8 Å². The van der Waals surface area contributed by atoms with Crippen molar-refractivity contribution in [1.82, 2.24) is 4.31 Å². The molecule has 0 heterocycles. The van der Waals surface area contributed by atoms with Gasteiger partial charge in [-0.2, -0.15) is 4.31 Å². The summed E-state index contributed by atoms with van der Waals surface area (Å²) in [6, 6.07) is 4.67. The second-order valence-electron chi connectivity index (χ2n) is 5.45. The van der Waals surface area contributed by atoms with Crippen LogP contribution in [0.25, 0.3) is 0 Å². The summed E-state index contributed by atoms with van der Waals surface area (Å²) in [6.45, 7) is 4.05. The van der Waals surface area contributed by atoms with Gasteiger partial charge in [0, 0.05) is 11.6 Å². The van der Waals surface area contributed by atoms with Crippen LogP contribution in [0.5, 0.6) is 0 Å². The fourth-order valence-corrected chi connectivity index (χ4v) is 2.95. The van der Waals surface area contributed by atoms with Crippen LogP contribution < -0.4 is 5.32 Å². The van der Waals surface area contributed by atoms with Gasteiger partial charge in [0.05, 0.1) is 23.5 Å². The maximum absolute atomic E-state index is 12.0. The van der Waals surface area contributed by atoms with Gasteiger partial charge < -0.3 is 5.32 Å². The van der Waals surface area contributed by atoms with Gasteiger partial charge in [0.1, 0.15) is 0 Å². The highest BCUT2D eigenvalue weighted by molar-refractivity contribution is 7.88.